The van der Waals surface area contributed by atoms with Crippen LogP contribution in [-0.2, 0) is 32.1 Å². The van der Waals surface area contributed by atoms with E-state index >= 15 is 0 Å². The molecule has 34 heavy (non-hydrogen) atoms. The third kappa shape index (κ3) is 4.21. The summed E-state index contributed by atoms with van der Waals surface area (Å²) in [6.07, 6.45) is 4.17. The molecule has 3 unspecified atom stereocenters. The first kappa shape index (κ1) is 22.9. The maximum atomic E-state index is 11.9. The number of esters is 2. The van der Waals surface area contributed by atoms with Gasteiger partial charge in [-0.05, 0) is 78.7 Å². The van der Waals surface area contributed by atoms with E-state index in [1.165, 1.54) is 25.0 Å². The van der Waals surface area contributed by atoms with Gasteiger partial charge in [0.25, 0.3) is 0 Å². The lowest BCUT2D eigenvalue weighted by atomic mass is 9.55. The normalized spacial score (nSPS) is 31.6. The van der Waals surface area contributed by atoms with Crippen LogP contribution in [0.1, 0.15) is 69.1 Å². The smallest absolute Gasteiger partial charge is 0.303 e. The fraction of sp³-hybridized carbons (Fsp3) is 0.517. The summed E-state index contributed by atoms with van der Waals surface area (Å²) in [5, 5.41) is 0. The van der Waals surface area contributed by atoms with Crippen LogP contribution < -0.4 is 4.74 Å². The molecule has 3 aliphatic rings. The summed E-state index contributed by atoms with van der Waals surface area (Å²) in [6, 6.07) is 16.8. The molecule has 2 aromatic carbocycles. The van der Waals surface area contributed by atoms with Gasteiger partial charge in [-0.15, -0.1) is 0 Å². The molecule has 2 fully saturated rings. The molecule has 0 amide bonds. The van der Waals surface area contributed by atoms with Crippen LogP contribution in [0.4, 0.5) is 0 Å². The van der Waals surface area contributed by atoms with E-state index in [0.717, 1.165) is 43.4 Å². The first-order chi connectivity index (χ1) is 16.3. The van der Waals surface area contributed by atoms with Gasteiger partial charge in [0, 0.05) is 19.3 Å². The Morgan fingerprint density at radius 3 is 2.50 bits per heavy atom. The first-order valence-electron chi connectivity index (χ1n) is 12.5. The van der Waals surface area contributed by atoms with Gasteiger partial charge >= 0.3 is 11.9 Å². The Morgan fingerprint density at radius 1 is 1.00 bits per heavy atom. The Bertz CT molecular complexity index is 1060. The van der Waals surface area contributed by atoms with E-state index in [4.69, 9.17) is 14.2 Å². The average molecular weight is 463 g/mol. The van der Waals surface area contributed by atoms with Crippen molar-refractivity contribution >= 4 is 11.9 Å². The second kappa shape index (κ2) is 9.09. The number of fused-ring (bicyclic) bond motifs is 5. The Balaban J connectivity index is 1.35. The lowest BCUT2D eigenvalue weighted by Crippen LogP contribution is -2.46. The Kier molecular flexibility index (Phi) is 6.13. The Labute approximate surface area is 201 Å². The van der Waals surface area contributed by atoms with Gasteiger partial charge in [-0.3, -0.25) is 9.59 Å². The second-order valence-electron chi connectivity index (χ2n) is 10.5. The van der Waals surface area contributed by atoms with Gasteiger partial charge in [0.05, 0.1) is 0 Å². The summed E-state index contributed by atoms with van der Waals surface area (Å²) in [5.41, 5.74) is 3.83. The number of rotatable bonds is 5. The number of hydrogen-bond acceptors (Lipinski definition) is 5. The molecule has 0 saturated heterocycles. The number of benzene rings is 2. The summed E-state index contributed by atoms with van der Waals surface area (Å²) >= 11 is 0. The molecule has 0 bridgehead atoms. The van der Waals surface area contributed by atoms with Crippen LogP contribution in [0.25, 0.3) is 0 Å². The molecule has 0 spiro atoms. The molecule has 5 heteroatoms. The van der Waals surface area contributed by atoms with Crippen molar-refractivity contribution in [1.82, 2.24) is 0 Å². The van der Waals surface area contributed by atoms with E-state index in [9.17, 15) is 9.59 Å². The maximum absolute atomic E-state index is 11.9. The number of hydrogen-bond donors (Lipinski definition) is 0. The monoisotopic (exact) mass is 462 g/mol. The van der Waals surface area contributed by atoms with Crippen molar-refractivity contribution < 1.29 is 23.8 Å². The van der Waals surface area contributed by atoms with Gasteiger partial charge < -0.3 is 14.2 Å². The minimum Gasteiger partial charge on any atom is -0.489 e. The first-order valence-corrected chi connectivity index (χ1v) is 12.5. The molecule has 2 aromatic rings. The number of carbonyl (C=O) groups is 2. The third-order valence-electron chi connectivity index (χ3n) is 8.47. The van der Waals surface area contributed by atoms with Gasteiger partial charge in [-0.2, -0.15) is 0 Å². The number of carbonyl (C=O) groups excluding carboxylic acids is 2. The highest BCUT2D eigenvalue weighted by Gasteiger charge is 2.61. The SMILES string of the molecule is CC(=O)OC1C[C@H]2C3CCc4cc(OCc5ccccc5)ccc4C3CC[C@]2(C)[C@H]1OC(C)=O. The van der Waals surface area contributed by atoms with Crippen molar-refractivity contribution in [3.05, 3.63) is 65.2 Å². The average Bonchev–Trinajstić information content (AvgIpc) is 3.08. The van der Waals surface area contributed by atoms with Crippen molar-refractivity contribution in [2.24, 2.45) is 17.3 Å². The fourth-order valence-electron chi connectivity index (χ4n) is 7.05. The van der Waals surface area contributed by atoms with Crippen molar-refractivity contribution in [3.63, 3.8) is 0 Å². The summed E-state index contributed by atoms with van der Waals surface area (Å²) in [4.78, 5) is 23.7. The summed E-state index contributed by atoms with van der Waals surface area (Å²) in [5.74, 6) is 1.66. The van der Waals surface area contributed by atoms with Crippen LogP contribution in [0, 0.1) is 17.3 Å². The summed E-state index contributed by atoms with van der Waals surface area (Å²) in [6.45, 7) is 5.69. The molecule has 2 saturated carbocycles. The Morgan fingerprint density at radius 2 is 1.76 bits per heavy atom. The predicted molar refractivity (Wildman–Crippen MR) is 128 cm³/mol. The predicted octanol–water partition coefficient (Wildman–Crippen LogP) is 5.60. The van der Waals surface area contributed by atoms with Gasteiger partial charge in [0.15, 0.2) is 0 Å². The van der Waals surface area contributed by atoms with Crippen molar-refractivity contribution in [2.45, 2.75) is 77.6 Å². The van der Waals surface area contributed by atoms with Crippen molar-refractivity contribution in [2.75, 3.05) is 0 Å². The number of aryl methyl sites for hydroxylation is 1. The third-order valence-corrected chi connectivity index (χ3v) is 8.47. The largest absolute Gasteiger partial charge is 0.489 e. The minimum absolute atomic E-state index is 0.163. The lowest BCUT2D eigenvalue weighted by molar-refractivity contribution is -0.171. The van der Waals surface area contributed by atoms with Crippen LogP contribution >= 0.6 is 0 Å². The molecule has 5 rings (SSSR count). The van der Waals surface area contributed by atoms with Crippen LogP contribution in [0.3, 0.4) is 0 Å². The van der Waals surface area contributed by atoms with Crippen LogP contribution in [0.5, 0.6) is 5.75 Å². The zero-order valence-corrected chi connectivity index (χ0v) is 20.3. The fourth-order valence-corrected chi connectivity index (χ4v) is 7.05. The molecule has 0 N–H and O–H groups in total. The highest BCUT2D eigenvalue weighted by Crippen LogP contribution is 2.62. The number of ether oxygens (including phenoxy) is 3. The Hall–Kier alpha value is -2.82. The minimum atomic E-state index is -0.366. The van der Waals surface area contributed by atoms with Crippen LogP contribution in [0.2, 0.25) is 0 Å². The molecule has 0 radical (unpaired) electrons. The molecule has 0 aliphatic heterocycles. The molecule has 3 aliphatic carbocycles. The van der Waals surface area contributed by atoms with E-state index in [-0.39, 0.29) is 29.6 Å². The highest BCUT2D eigenvalue weighted by atomic mass is 16.6. The standard InChI is InChI=1S/C29H34O5/c1-18(30)33-27-16-26-25-11-9-21-15-22(32-17-20-7-5-4-6-8-20)10-12-23(21)24(25)13-14-29(26,3)28(27)34-19(2)31/h4-8,10,12,15,24-28H,9,11,13-14,16-17H2,1-3H3/t24?,25?,26-,27?,28-,29-/m0/s1. The van der Waals surface area contributed by atoms with E-state index < -0.39 is 0 Å². The summed E-state index contributed by atoms with van der Waals surface area (Å²) in [7, 11) is 0. The molecular formula is C29H34O5. The zero-order chi connectivity index (χ0) is 23.9. The van der Waals surface area contributed by atoms with Crippen molar-refractivity contribution in [1.29, 1.82) is 0 Å². The maximum Gasteiger partial charge on any atom is 0.303 e. The lowest BCUT2D eigenvalue weighted by Gasteiger charge is -2.50. The van der Waals surface area contributed by atoms with Gasteiger partial charge in [0.2, 0.25) is 0 Å². The second-order valence-corrected chi connectivity index (χ2v) is 10.5. The van der Waals surface area contributed by atoms with E-state index in [1.54, 1.807) is 0 Å². The topological polar surface area (TPSA) is 61.8 Å². The van der Waals surface area contributed by atoms with Gasteiger partial charge in [-0.1, -0.05) is 43.3 Å². The van der Waals surface area contributed by atoms with Gasteiger partial charge in [-0.25, -0.2) is 0 Å². The zero-order valence-electron chi connectivity index (χ0n) is 20.3. The van der Waals surface area contributed by atoms with E-state index in [0.29, 0.717) is 24.4 Å². The summed E-state index contributed by atoms with van der Waals surface area (Å²) < 4.78 is 17.6. The highest BCUT2D eigenvalue weighted by molar-refractivity contribution is 5.67. The van der Waals surface area contributed by atoms with Crippen molar-refractivity contribution in [3.8, 4) is 5.75 Å². The molecule has 0 heterocycles. The molecular weight excluding hydrogens is 428 g/mol. The van der Waals surface area contributed by atoms with Crippen LogP contribution in [-0.4, -0.2) is 24.1 Å². The molecule has 6 atom stereocenters. The van der Waals surface area contributed by atoms with E-state index in [1.807, 2.05) is 18.2 Å². The van der Waals surface area contributed by atoms with E-state index in [2.05, 4.69) is 37.3 Å². The van der Waals surface area contributed by atoms with Gasteiger partial charge in [0.1, 0.15) is 24.6 Å². The molecule has 0 aromatic heterocycles. The van der Waals surface area contributed by atoms with Crippen LogP contribution in [0.15, 0.2) is 48.5 Å². The quantitative estimate of drug-likeness (QED) is 0.542. The molecule has 5 nitrogen and oxygen atoms in total. The molecule has 180 valence electrons.